The molecule has 3 N–H and O–H groups in total. The van der Waals surface area contributed by atoms with Gasteiger partial charge >= 0.3 is 11.9 Å². The zero-order valence-electron chi connectivity index (χ0n) is 9.21. The third-order valence-corrected chi connectivity index (χ3v) is 2.20. The number of anilines is 1. The summed E-state index contributed by atoms with van der Waals surface area (Å²) in [6, 6.07) is 4.49. The number of amides is 1. The second-order valence-corrected chi connectivity index (χ2v) is 3.52. The Hall–Kier alpha value is -2.58. The fourth-order valence-electron chi connectivity index (χ4n) is 1.40. The Bertz CT molecular complexity index is 659. The van der Waals surface area contributed by atoms with E-state index < -0.39 is 34.8 Å². The summed E-state index contributed by atoms with van der Waals surface area (Å²) in [5.74, 6) is -1.35. The number of para-hydroxylation sites is 1. The Morgan fingerprint density at radius 3 is 2.53 bits per heavy atom. The SMILES string of the molecule is O=C(Nc1ccccc1C(F)(F)F)c1n[nH]c(=O)[nH]1. The molecule has 2 aromatic rings. The minimum atomic E-state index is -4.59. The van der Waals surface area contributed by atoms with E-state index in [0.29, 0.717) is 0 Å². The molecule has 9 heteroatoms. The summed E-state index contributed by atoms with van der Waals surface area (Å²) in [4.78, 5) is 24.4. The number of hydrogen-bond donors (Lipinski definition) is 3. The molecule has 0 aliphatic rings. The number of carbonyl (C=O) groups is 1. The summed E-state index contributed by atoms with van der Waals surface area (Å²) in [6.07, 6.45) is -4.59. The van der Waals surface area contributed by atoms with E-state index in [1.165, 1.54) is 12.1 Å². The normalized spacial score (nSPS) is 11.3. The molecule has 2 rings (SSSR count). The van der Waals surface area contributed by atoms with Crippen LogP contribution in [0.4, 0.5) is 18.9 Å². The number of aromatic amines is 2. The van der Waals surface area contributed by atoms with Gasteiger partial charge in [0.05, 0.1) is 11.3 Å². The first kappa shape index (κ1) is 12.9. The molecule has 0 aliphatic heterocycles. The average molecular weight is 272 g/mol. The number of rotatable bonds is 2. The van der Waals surface area contributed by atoms with Gasteiger partial charge in [0.1, 0.15) is 0 Å². The van der Waals surface area contributed by atoms with E-state index in [9.17, 15) is 22.8 Å². The number of benzene rings is 1. The maximum absolute atomic E-state index is 12.7. The van der Waals surface area contributed by atoms with Crippen LogP contribution in [0, 0.1) is 0 Å². The van der Waals surface area contributed by atoms with Crippen molar-refractivity contribution in [1.82, 2.24) is 15.2 Å². The first-order valence-electron chi connectivity index (χ1n) is 5.00. The summed E-state index contributed by atoms with van der Waals surface area (Å²) in [5, 5.41) is 7.29. The van der Waals surface area contributed by atoms with Crippen molar-refractivity contribution >= 4 is 11.6 Å². The summed E-state index contributed by atoms with van der Waals surface area (Å²) < 4.78 is 38.0. The van der Waals surface area contributed by atoms with Crippen LogP contribution in [0.3, 0.4) is 0 Å². The summed E-state index contributed by atoms with van der Waals surface area (Å²) in [6.45, 7) is 0. The van der Waals surface area contributed by atoms with Gasteiger partial charge in [-0.05, 0) is 12.1 Å². The van der Waals surface area contributed by atoms with Gasteiger partial charge in [-0.25, -0.2) is 9.89 Å². The molecule has 6 nitrogen and oxygen atoms in total. The average Bonchev–Trinajstić information content (AvgIpc) is 2.75. The van der Waals surface area contributed by atoms with Crippen LogP contribution in [0.15, 0.2) is 29.1 Å². The second-order valence-electron chi connectivity index (χ2n) is 3.52. The number of H-pyrrole nitrogens is 2. The lowest BCUT2D eigenvalue weighted by atomic mass is 10.1. The van der Waals surface area contributed by atoms with Crippen LogP contribution in [-0.4, -0.2) is 21.1 Å². The van der Waals surface area contributed by atoms with Crippen molar-refractivity contribution < 1.29 is 18.0 Å². The molecule has 19 heavy (non-hydrogen) atoms. The molecule has 1 heterocycles. The van der Waals surface area contributed by atoms with Gasteiger partial charge in [-0.1, -0.05) is 12.1 Å². The van der Waals surface area contributed by atoms with E-state index in [1.54, 1.807) is 0 Å². The Morgan fingerprint density at radius 1 is 1.26 bits per heavy atom. The number of aromatic nitrogens is 3. The fourth-order valence-corrected chi connectivity index (χ4v) is 1.40. The monoisotopic (exact) mass is 272 g/mol. The number of hydrogen-bond acceptors (Lipinski definition) is 3. The molecule has 100 valence electrons. The van der Waals surface area contributed by atoms with Crippen LogP contribution in [0.1, 0.15) is 16.2 Å². The highest BCUT2D eigenvalue weighted by Gasteiger charge is 2.33. The van der Waals surface area contributed by atoms with Gasteiger partial charge in [-0.3, -0.25) is 9.78 Å². The van der Waals surface area contributed by atoms with Gasteiger partial charge in [0, 0.05) is 0 Å². The molecule has 0 aliphatic carbocycles. The molecular formula is C10H7F3N4O2. The molecule has 0 spiro atoms. The Kier molecular flexibility index (Phi) is 3.11. The zero-order chi connectivity index (χ0) is 14.0. The van der Waals surface area contributed by atoms with Crippen LogP contribution in [0.2, 0.25) is 0 Å². The van der Waals surface area contributed by atoms with E-state index in [4.69, 9.17) is 0 Å². The Balaban J connectivity index is 2.29. The smallest absolute Gasteiger partial charge is 0.319 e. The number of nitrogens with zero attached hydrogens (tertiary/aromatic N) is 1. The van der Waals surface area contributed by atoms with Crippen LogP contribution < -0.4 is 11.0 Å². The highest BCUT2D eigenvalue weighted by Crippen LogP contribution is 2.34. The van der Waals surface area contributed by atoms with E-state index in [1.807, 2.05) is 15.4 Å². The minimum absolute atomic E-state index is 0.401. The molecule has 0 atom stereocenters. The summed E-state index contributed by atoms with van der Waals surface area (Å²) >= 11 is 0. The number of carbonyl (C=O) groups excluding carboxylic acids is 1. The highest BCUT2D eigenvalue weighted by molar-refractivity contribution is 6.01. The van der Waals surface area contributed by atoms with Crippen LogP contribution in [0.25, 0.3) is 0 Å². The largest absolute Gasteiger partial charge is 0.418 e. The number of halogens is 3. The zero-order valence-corrected chi connectivity index (χ0v) is 9.21. The standard InChI is InChI=1S/C10H7F3N4O2/c11-10(12,13)5-3-1-2-4-6(5)14-8(18)7-15-9(19)17-16-7/h1-4H,(H,14,18)(H2,15,16,17,19). The predicted octanol–water partition coefficient (Wildman–Crippen LogP) is 1.37. The molecule has 0 radical (unpaired) electrons. The lowest BCUT2D eigenvalue weighted by molar-refractivity contribution is -0.136. The van der Waals surface area contributed by atoms with Crippen molar-refractivity contribution in [3.63, 3.8) is 0 Å². The van der Waals surface area contributed by atoms with E-state index in [2.05, 4.69) is 5.10 Å². The van der Waals surface area contributed by atoms with Crippen LogP contribution >= 0.6 is 0 Å². The molecule has 0 saturated heterocycles. The van der Waals surface area contributed by atoms with Gasteiger partial charge in [0.25, 0.3) is 5.91 Å². The quantitative estimate of drug-likeness (QED) is 0.771. The van der Waals surface area contributed by atoms with Gasteiger partial charge in [-0.15, -0.1) is 5.10 Å². The molecule has 0 bridgehead atoms. The maximum Gasteiger partial charge on any atom is 0.418 e. The first-order valence-corrected chi connectivity index (χ1v) is 5.00. The molecule has 0 unspecified atom stereocenters. The van der Waals surface area contributed by atoms with Gasteiger partial charge < -0.3 is 5.32 Å². The van der Waals surface area contributed by atoms with Crippen molar-refractivity contribution in [2.45, 2.75) is 6.18 Å². The van der Waals surface area contributed by atoms with E-state index >= 15 is 0 Å². The highest BCUT2D eigenvalue weighted by atomic mass is 19.4. The van der Waals surface area contributed by atoms with Gasteiger partial charge in [0.2, 0.25) is 5.82 Å². The van der Waals surface area contributed by atoms with Crippen molar-refractivity contribution in [3.8, 4) is 0 Å². The number of nitrogens with one attached hydrogen (secondary N) is 3. The predicted molar refractivity (Wildman–Crippen MR) is 58.6 cm³/mol. The second kappa shape index (κ2) is 4.59. The Morgan fingerprint density at radius 2 is 1.95 bits per heavy atom. The van der Waals surface area contributed by atoms with E-state index in [0.717, 1.165) is 12.1 Å². The van der Waals surface area contributed by atoms with Crippen molar-refractivity contribution in [2.75, 3.05) is 5.32 Å². The summed E-state index contributed by atoms with van der Waals surface area (Å²) in [7, 11) is 0. The first-order chi connectivity index (χ1) is 8.88. The fraction of sp³-hybridized carbons (Fsp3) is 0.100. The molecule has 1 amide bonds. The van der Waals surface area contributed by atoms with E-state index in [-0.39, 0.29) is 0 Å². The lowest BCUT2D eigenvalue weighted by Gasteiger charge is -2.12. The summed E-state index contributed by atoms with van der Waals surface area (Å²) in [5.41, 5.74) is -2.13. The van der Waals surface area contributed by atoms with Crippen molar-refractivity contribution in [1.29, 1.82) is 0 Å². The molecule has 1 aromatic carbocycles. The molecule has 1 aromatic heterocycles. The Labute approximate surface area is 103 Å². The van der Waals surface area contributed by atoms with Crippen LogP contribution in [-0.2, 0) is 6.18 Å². The topological polar surface area (TPSA) is 90.6 Å². The number of alkyl halides is 3. The third kappa shape index (κ3) is 2.81. The molecule has 0 fully saturated rings. The maximum atomic E-state index is 12.7. The van der Waals surface area contributed by atoms with Crippen molar-refractivity contribution in [2.24, 2.45) is 0 Å². The van der Waals surface area contributed by atoms with Gasteiger partial charge in [-0.2, -0.15) is 13.2 Å². The van der Waals surface area contributed by atoms with Crippen LogP contribution in [0.5, 0.6) is 0 Å². The molecular weight excluding hydrogens is 265 g/mol. The third-order valence-electron chi connectivity index (χ3n) is 2.20. The minimum Gasteiger partial charge on any atom is -0.319 e. The van der Waals surface area contributed by atoms with Crippen molar-refractivity contribution in [3.05, 3.63) is 46.1 Å². The molecule has 0 saturated carbocycles. The van der Waals surface area contributed by atoms with Gasteiger partial charge in [0.15, 0.2) is 0 Å². The lowest BCUT2D eigenvalue weighted by Crippen LogP contribution is -2.18.